The number of hydrogen-bond donors (Lipinski definition) is 4. The summed E-state index contributed by atoms with van der Waals surface area (Å²) in [6.45, 7) is 1.76. The van der Waals surface area contributed by atoms with Crippen LogP contribution in [0.4, 0.5) is 4.79 Å². The fourth-order valence-corrected chi connectivity index (χ4v) is 5.59. The van der Waals surface area contributed by atoms with Gasteiger partial charge in [-0.25, -0.2) is 9.78 Å². The number of carbonyl (C=O) groups excluding carboxylic acids is 2. The molecule has 0 aliphatic carbocycles. The molecule has 4 atom stereocenters. The maximum Gasteiger partial charge on any atom is 0.315 e. The second kappa shape index (κ2) is 14.9. The Bertz CT molecular complexity index is 1450. The van der Waals surface area contributed by atoms with Crippen LogP contribution in [0.25, 0.3) is 0 Å². The summed E-state index contributed by atoms with van der Waals surface area (Å²) in [6, 6.07) is 24.1. The average molecular weight is 602 g/mol. The molecular formula is C32H35N5O5S. The van der Waals surface area contributed by atoms with Crippen molar-refractivity contribution >= 4 is 23.6 Å². The van der Waals surface area contributed by atoms with E-state index >= 15 is 0 Å². The van der Waals surface area contributed by atoms with Gasteiger partial charge in [-0.3, -0.25) is 9.89 Å². The first-order chi connectivity index (χ1) is 21.0. The van der Waals surface area contributed by atoms with Crippen LogP contribution in [0.3, 0.4) is 0 Å². The normalized spacial score (nSPS) is 19.0. The van der Waals surface area contributed by atoms with Crippen LogP contribution in [-0.2, 0) is 33.8 Å². The molecule has 43 heavy (non-hydrogen) atoms. The van der Waals surface area contributed by atoms with E-state index in [1.54, 1.807) is 11.8 Å². The molecule has 0 bridgehead atoms. The van der Waals surface area contributed by atoms with E-state index in [1.807, 2.05) is 78.9 Å². The van der Waals surface area contributed by atoms with Gasteiger partial charge < -0.3 is 25.2 Å². The number of aromatic nitrogens is 3. The third kappa shape index (κ3) is 8.74. The number of rotatable bonds is 12. The molecule has 11 heteroatoms. The Kier molecular flexibility index (Phi) is 10.6. The third-order valence-corrected chi connectivity index (χ3v) is 8.21. The van der Waals surface area contributed by atoms with Crippen LogP contribution >= 0.6 is 11.8 Å². The summed E-state index contributed by atoms with van der Waals surface area (Å²) >= 11 is 1.54. The topological polar surface area (TPSA) is 138 Å². The number of thioether (sulfide) groups is 1. The summed E-state index contributed by atoms with van der Waals surface area (Å²) in [5.41, 5.74) is 4.59. The highest BCUT2D eigenvalue weighted by Crippen LogP contribution is 2.39. The van der Waals surface area contributed by atoms with E-state index in [0.29, 0.717) is 25.1 Å². The van der Waals surface area contributed by atoms with E-state index in [2.05, 4.69) is 25.8 Å². The molecule has 1 aromatic heterocycles. The maximum absolute atomic E-state index is 12.6. The van der Waals surface area contributed by atoms with Crippen molar-refractivity contribution < 1.29 is 24.2 Å². The molecule has 1 unspecified atom stereocenters. The number of benzene rings is 3. The lowest BCUT2D eigenvalue weighted by molar-refractivity contribution is -0.245. The molecule has 2 amide bonds. The summed E-state index contributed by atoms with van der Waals surface area (Å²) in [5, 5.41) is 22.6. The number of ether oxygens (including phenoxy) is 2. The quantitative estimate of drug-likeness (QED) is 0.172. The van der Waals surface area contributed by atoms with Crippen LogP contribution in [0, 0.1) is 0 Å². The summed E-state index contributed by atoms with van der Waals surface area (Å²) in [4.78, 5) is 28.9. The van der Waals surface area contributed by atoms with Gasteiger partial charge in [0.2, 0.25) is 0 Å². The summed E-state index contributed by atoms with van der Waals surface area (Å²) in [5.74, 6) is 0.569. The Labute approximate surface area is 254 Å². The monoisotopic (exact) mass is 601 g/mol. The number of aliphatic hydroxyl groups excluding tert-OH is 1. The molecule has 1 saturated heterocycles. The third-order valence-electron chi connectivity index (χ3n) is 7.20. The lowest BCUT2D eigenvalue weighted by Crippen LogP contribution is -2.46. The van der Waals surface area contributed by atoms with Crippen molar-refractivity contribution in [1.82, 2.24) is 25.8 Å². The van der Waals surface area contributed by atoms with E-state index in [4.69, 9.17) is 9.47 Å². The van der Waals surface area contributed by atoms with Crippen molar-refractivity contribution in [2.75, 3.05) is 5.75 Å². The van der Waals surface area contributed by atoms with Gasteiger partial charge >= 0.3 is 6.03 Å². The Balaban J connectivity index is 1.20. The first kappa shape index (κ1) is 30.4. The molecule has 0 spiro atoms. The van der Waals surface area contributed by atoms with Crippen LogP contribution in [-0.4, -0.2) is 50.0 Å². The molecule has 224 valence electrons. The van der Waals surface area contributed by atoms with Crippen LogP contribution in [0.15, 0.2) is 90.3 Å². The number of nitrogens with one attached hydrogen (secondary N) is 3. The number of ketones is 1. The number of aliphatic hydroxyl groups is 1. The van der Waals surface area contributed by atoms with Crippen LogP contribution < -0.4 is 10.6 Å². The van der Waals surface area contributed by atoms with Crippen molar-refractivity contribution in [3.8, 4) is 0 Å². The van der Waals surface area contributed by atoms with Gasteiger partial charge in [0.05, 0.1) is 24.9 Å². The standard InChI is InChI=1S/C32H35N5O5S/c1-21(39)28(15-22-5-3-2-4-6-22)36-31(40)33-17-23-7-13-26(14-8-23)30-41-27(19-43-32-34-20-35-37-32)16-29(42-30)25-11-9-24(18-38)10-12-25/h2-14,20,27-30,38H,15-19H2,1H3,(H2,33,36,40)(H,34,35,37)/t27-,28+,29+,30?/m0/s1. The predicted octanol–water partition coefficient (Wildman–Crippen LogP) is 4.63. The van der Waals surface area contributed by atoms with Gasteiger partial charge in [0.1, 0.15) is 6.33 Å². The maximum atomic E-state index is 12.6. The zero-order valence-electron chi connectivity index (χ0n) is 23.8. The van der Waals surface area contributed by atoms with Gasteiger partial charge in [-0.15, -0.1) is 0 Å². The molecule has 1 aliphatic heterocycles. The second-order valence-corrected chi connectivity index (χ2v) is 11.4. The molecule has 5 rings (SSSR count). The Morgan fingerprint density at radius 3 is 2.37 bits per heavy atom. The zero-order chi connectivity index (χ0) is 30.0. The number of urea groups is 1. The number of carbonyl (C=O) groups is 2. The number of amides is 2. The first-order valence-corrected chi connectivity index (χ1v) is 15.1. The van der Waals surface area contributed by atoms with Gasteiger partial charge in [-0.1, -0.05) is 90.6 Å². The van der Waals surface area contributed by atoms with Gasteiger partial charge in [0, 0.05) is 24.3 Å². The van der Waals surface area contributed by atoms with E-state index < -0.39 is 18.4 Å². The molecule has 3 aromatic carbocycles. The molecule has 1 aliphatic rings. The van der Waals surface area contributed by atoms with Gasteiger partial charge in [-0.2, -0.15) is 5.10 Å². The van der Waals surface area contributed by atoms with Crippen molar-refractivity contribution in [1.29, 1.82) is 0 Å². The van der Waals surface area contributed by atoms with Gasteiger partial charge in [-0.05, 0) is 35.6 Å². The fourth-order valence-electron chi connectivity index (χ4n) is 4.79. The lowest BCUT2D eigenvalue weighted by atomic mass is 10.0. The minimum atomic E-state index is -0.603. The van der Waals surface area contributed by atoms with Crippen molar-refractivity contribution in [3.05, 3.63) is 113 Å². The van der Waals surface area contributed by atoms with E-state index in [9.17, 15) is 14.7 Å². The average Bonchev–Trinajstić information content (AvgIpc) is 3.57. The highest BCUT2D eigenvalue weighted by Gasteiger charge is 2.32. The smallest absolute Gasteiger partial charge is 0.315 e. The highest BCUT2D eigenvalue weighted by molar-refractivity contribution is 7.99. The van der Waals surface area contributed by atoms with Crippen LogP contribution in [0.2, 0.25) is 0 Å². The molecule has 0 saturated carbocycles. The largest absolute Gasteiger partial charge is 0.392 e. The lowest BCUT2D eigenvalue weighted by Gasteiger charge is -2.36. The summed E-state index contributed by atoms with van der Waals surface area (Å²) in [7, 11) is 0. The predicted molar refractivity (Wildman–Crippen MR) is 162 cm³/mol. The highest BCUT2D eigenvalue weighted by atomic mass is 32.2. The number of aromatic amines is 1. The zero-order valence-corrected chi connectivity index (χ0v) is 24.6. The number of Topliss-reactive ketones (excluding diaryl/α,β-unsaturated/α-hetero) is 1. The molecule has 1 fully saturated rings. The molecule has 0 radical (unpaired) electrons. The second-order valence-electron chi connectivity index (χ2n) is 10.4. The van der Waals surface area contributed by atoms with Gasteiger partial charge in [0.25, 0.3) is 0 Å². The summed E-state index contributed by atoms with van der Waals surface area (Å²) in [6.07, 6.45) is 1.70. The Morgan fingerprint density at radius 2 is 1.70 bits per heavy atom. The molecule has 4 N–H and O–H groups in total. The minimum absolute atomic E-state index is 0.0121. The Hall–Kier alpha value is -4.03. The minimum Gasteiger partial charge on any atom is -0.392 e. The van der Waals surface area contributed by atoms with Crippen molar-refractivity contribution in [2.24, 2.45) is 0 Å². The van der Waals surface area contributed by atoms with Crippen molar-refractivity contribution in [3.63, 3.8) is 0 Å². The SMILES string of the molecule is CC(=O)[C@@H](Cc1ccccc1)NC(=O)NCc1ccc(C2O[C@H](CSc3ncn[nH]3)C[C@H](c3ccc(CO)cc3)O2)cc1. The molecular weight excluding hydrogens is 566 g/mol. The molecule has 10 nitrogen and oxygen atoms in total. The summed E-state index contributed by atoms with van der Waals surface area (Å²) < 4.78 is 12.8. The fraction of sp³-hybridized carbons (Fsp3) is 0.312. The number of nitrogens with zero attached hydrogens (tertiary/aromatic N) is 2. The number of hydrogen-bond acceptors (Lipinski definition) is 8. The first-order valence-electron chi connectivity index (χ1n) is 14.1. The number of H-pyrrole nitrogens is 1. The molecule has 4 aromatic rings. The Morgan fingerprint density at radius 1 is 0.977 bits per heavy atom. The van der Waals surface area contributed by atoms with Gasteiger partial charge in [0.15, 0.2) is 17.2 Å². The van der Waals surface area contributed by atoms with Crippen LogP contribution in [0.1, 0.15) is 53.6 Å². The van der Waals surface area contributed by atoms with Crippen LogP contribution in [0.5, 0.6) is 0 Å². The van der Waals surface area contributed by atoms with E-state index in [1.165, 1.54) is 13.3 Å². The molecule has 2 heterocycles. The van der Waals surface area contributed by atoms with Crippen molar-refractivity contribution in [2.45, 2.75) is 62.6 Å². The van der Waals surface area contributed by atoms with E-state index in [0.717, 1.165) is 33.0 Å². The van der Waals surface area contributed by atoms with E-state index in [-0.39, 0.29) is 24.6 Å².